The summed E-state index contributed by atoms with van der Waals surface area (Å²) < 4.78 is 10.9. The van der Waals surface area contributed by atoms with Gasteiger partial charge in [0.05, 0.1) is 12.7 Å². The minimum absolute atomic E-state index is 0.447. The van der Waals surface area contributed by atoms with Crippen LogP contribution >= 0.6 is 11.8 Å². The molecular weight excluding hydrogens is 322 g/mol. The lowest BCUT2D eigenvalue weighted by Gasteiger charge is -2.41. The highest BCUT2D eigenvalue weighted by Gasteiger charge is 2.47. The molecule has 9 heteroatoms. The molecule has 0 spiro atoms. The van der Waals surface area contributed by atoms with Crippen LogP contribution < -0.4 is 0 Å². The fraction of sp³-hybridized carbons (Fsp3) is 0.500. The van der Waals surface area contributed by atoms with Gasteiger partial charge in [-0.05, 0) is 17.7 Å². The van der Waals surface area contributed by atoms with E-state index < -0.39 is 42.4 Å². The minimum Gasteiger partial charge on any atom is -0.458 e. The summed E-state index contributed by atoms with van der Waals surface area (Å²) >= 11 is 1.26. The van der Waals surface area contributed by atoms with Crippen molar-refractivity contribution in [3.05, 3.63) is 40.8 Å². The highest BCUT2D eigenvalue weighted by molar-refractivity contribution is 7.99. The summed E-state index contributed by atoms with van der Waals surface area (Å²) in [6.07, 6.45) is -3.17. The molecule has 0 aromatic heterocycles. The van der Waals surface area contributed by atoms with Gasteiger partial charge in [-0.3, -0.25) is 4.79 Å². The van der Waals surface area contributed by atoms with Crippen molar-refractivity contribution in [2.75, 3.05) is 6.61 Å². The lowest BCUT2D eigenvalue weighted by atomic mass is 9.98. The number of esters is 1. The van der Waals surface area contributed by atoms with E-state index in [4.69, 9.17) is 15.0 Å². The van der Waals surface area contributed by atoms with E-state index in [0.29, 0.717) is 0 Å². The van der Waals surface area contributed by atoms with Crippen molar-refractivity contribution in [3.8, 4) is 0 Å². The second-order valence-electron chi connectivity index (χ2n) is 4.92. The van der Waals surface area contributed by atoms with Crippen LogP contribution in [-0.4, -0.2) is 52.6 Å². The standard InChI is InChI=1S/C14H17N3O5S/c1-8(19)21-13-11(16-17-15)12(20)10(7-18)22-14(13)23-9-5-3-2-4-6-9/h2-6,10-14,18,20H,7H2,1H3/t10-,11+,12-,13-,14+/m1/s1. The Hall–Kier alpha value is -1.77. The number of carbonyl (C=O) groups excluding carboxylic acids is 1. The number of benzene rings is 1. The van der Waals surface area contributed by atoms with Gasteiger partial charge >= 0.3 is 5.97 Å². The molecule has 5 atom stereocenters. The van der Waals surface area contributed by atoms with Crippen LogP contribution in [0, 0.1) is 0 Å². The number of carbonyl (C=O) groups is 1. The Kier molecular flexibility index (Phi) is 6.26. The normalized spacial score (nSPS) is 30.3. The molecule has 1 saturated heterocycles. The molecule has 0 saturated carbocycles. The van der Waals surface area contributed by atoms with Crippen LogP contribution in [-0.2, 0) is 14.3 Å². The molecule has 8 nitrogen and oxygen atoms in total. The number of hydrogen-bond donors (Lipinski definition) is 2. The van der Waals surface area contributed by atoms with Gasteiger partial charge in [-0.1, -0.05) is 35.1 Å². The molecule has 1 aliphatic rings. The van der Waals surface area contributed by atoms with Gasteiger partial charge in [-0.2, -0.15) is 0 Å². The van der Waals surface area contributed by atoms with Crippen molar-refractivity contribution >= 4 is 17.7 Å². The third-order valence-electron chi connectivity index (χ3n) is 3.31. The maximum atomic E-state index is 11.4. The summed E-state index contributed by atoms with van der Waals surface area (Å²) in [6, 6.07) is 8.19. The zero-order valence-electron chi connectivity index (χ0n) is 12.3. The molecule has 0 unspecified atom stereocenters. The number of aliphatic hydroxyl groups is 2. The van der Waals surface area contributed by atoms with Crippen LogP contribution in [0.3, 0.4) is 0 Å². The van der Waals surface area contributed by atoms with Gasteiger partial charge in [0, 0.05) is 16.7 Å². The molecule has 0 radical (unpaired) electrons. The SMILES string of the molecule is CC(=O)O[C@@H]1[C@@H](N=[N+]=[N-])[C@H](O)[C@@H](CO)O[C@H]1Sc1ccccc1. The third kappa shape index (κ3) is 4.37. The van der Waals surface area contributed by atoms with Crippen LogP contribution in [0.5, 0.6) is 0 Å². The lowest BCUT2D eigenvalue weighted by molar-refractivity contribution is -0.184. The van der Waals surface area contributed by atoms with E-state index >= 15 is 0 Å². The van der Waals surface area contributed by atoms with Crippen molar-refractivity contribution in [3.63, 3.8) is 0 Å². The Morgan fingerprint density at radius 3 is 2.74 bits per heavy atom. The number of aliphatic hydroxyl groups excluding tert-OH is 2. The second-order valence-corrected chi connectivity index (χ2v) is 6.09. The largest absolute Gasteiger partial charge is 0.458 e. The van der Waals surface area contributed by atoms with Gasteiger partial charge in [0.25, 0.3) is 0 Å². The molecule has 0 amide bonds. The predicted octanol–water partition coefficient (Wildman–Crippen LogP) is 1.47. The van der Waals surface area contributed by atoms with Crippen LogP contribution in [0.2, 0.25) is 0 Å². The van der Waals surface area contributed by atoms with Gasteiger partial charge in [0.1, 0.15) is 23.7 Å². The van der Waals surface area contributed by atoms with Crippen molar-refractivity contribution in [1.82, 2.24) is 0 Å². The number of azide groups is 1. The third-order valence-corrected chi connectivity index (χ3v) is 4.46. The van der Waals surface area contributed by atoms with E-state index in [-0.39, 0.29) is 0 Å². The van der Waals surface area contributed by atoms with Gasteiger partial charge in [-0.15, -0.1) is 0 Å². The first-order valence-corrected chi connectivity index (χ1v) is 7.82. The monoisotopic (exact) mass is 339 g/mol. The van der Waals surface area contributed by atoms with Crippen LogP contribution in [0.4, 0.5) is 0 Å². The van der Waals surface area contributed by atoms with Gasteiger partial charge in [0.15, 0.2) is 0 Å². The van der Waals surface area contributed by atoms with E-state index in [1.807, 2.05) is 30.3 Å². The van der Waals surface area contributed by atoms with E-state index in [1.165, 1.54) is 18.7 Å². The molecule has 124 valence electrons. The zero-order valence-corrected chi connectivity index (χ0v) is 13.2. The van der Waals surface area contributed by atoms with E-state index in [2.05, 4.69) is 10.0 Å². The first-order valence-electron chi connectivity index (χ1n) is 6.94. The number of thioether (sulfide) groups is 1. The topological polar surface area (TPSA) is 125 Å². The van der Waals surface area contributed by atoms with Crippen LogP contribution in [0.25, 0.3) is 10.4 Å². The molecule has 0 aliphatic carbocycles. The van der Waals surface area contributed by atoms with E-state index in [1.54, 1.807) is 0 Å². The Bertz CT molecular complexity index is 581. The van der Waals surface area contributed by atoms with Crippen molar-refractivity contribution in [1.29, 1.82) is 0 Å². The minimum atomic E-state index is -1.27. The fourth-order valence-corrected chi connectivity index (χ4v) is 3.43. The van der Waals surface area contributed by atoms with Gasteiger partial charge in [-0.25, -0.2) is 0 Å². The Balaban J connectivity index is 2.30. The lowest BCUT2D eigenvalue weighted by Crippen LogP contribution is -2.57. The molecule has 2 N–H and O–H groups in total. The van der Waals surface area contributed by atoms with Crippen LogP contribution in [0.15, 0.2) is 40.3 Å². The summed E-state index contributed by atoms with van der Waals surface area (Å²) in [6.45, 7) is 0.777. The number of nitrogens with zero attached hydrogens (tertiary/aromatic N) is 3. The number of hydrogen-bond acceptors (Lipinski definition) is 7. The Morgan fingerprint density at radius 2 is 2.17 bits per heavy atom. The molecule has 1 heterocycles. The molecule has 1 fully saturated rings. The molecule has 1 aliphatic heterocycles. The van der Waals surface area contributed by atoms with Gasteiger partial charge < -0.3 is 19.7 Å². The maximum absolute atomic E-state index is 11.4. The fourth-order valence-electron chi connectivity index (χ4n) is 2.30. The summed E-state index contributed by atoms with van der Waals surface area (Å²) in [5, 5.41) is 23.1. The first kappa shape index (κ1) is 17.6. The summed E-state index contributed by atoms with van der Waals surface area (Å²) in [5.41, 5.74) is 8.00. The summed E-state index contributed by atoms with van der Waals surface area (Å²) in [5.74, 6) is -0.579. The summed E-state index contributed by atoms with van der Waals surface area (Å²) in [7, 11) is 0. The average molecular weight is 339 g/mol. The molecule has 1 aromatic rings. The maximum Gasteiger partial charge on any atom is 0.303 e. The Morgan fingerprint density at radius 1 is 1.48 bits per heavy atom. The smallest absolute Gasteiger partial charge is 0.303 e. The van der Waals surface area contributed by atoms with E-state index in [0.717, 1.165) is 4.90 Å². The number of rotatable bonds is 5. The molecule has 1 aromatic carbocycles. The zero-order chi connectivity index (χ0) is 16.8. The molecular formula is C14H17N3O5S. The highest BCUT2D eigenvalue weighted by Crippen LogP contribution is 2.36. The highest BCUT2D eigenvalue weighted by atomic mass is 32.2. The summed E-state index contributed by atoms with van der Waals surface area (Å²) in [4.78, 5) is 14.9. The predicted molar refractivity (Wildman–Crippen MR) is 82.5 cm³/mol. The average Bonchev–Trinajstić information content (AvgIpc) is 2.54. The molecule has 23 heavy (non-hydrogen) atoms. The van der Waals surface area contributed by atoms with Crippen LogP contribution in [0.1, 0.15) is 6.92 Å². The molecule has 2 rings (SSSR count). The first-order chi connectivity index (χ1) is 11.1. The Labute approximate surface area is 137 Å². The van der Waals surface area contributed by atoms with Crippen molar-refractivity contribution in [2.45, 2.75) is 41.6 Å². The number of ether oxygens (including phenoxy) is 2. The van der Waals surface area contributed by atoms with Crippen molar-refractivity contribution in [2.24, 2.45) is 5.11 Å². The molecule has 0 bridgehead atoms. The second kappa shape index (κ2) is 8.19. The van der Waals surface area contributed by atoms with Gasteiger partial charge in [0.2, 0.25) is 0 Å². The van der Waals surface area contributed by atoms with E-state index in [9.17, 15) is 15.0 Å². The quantitative estimate of drug-likeness (QED) is 0.362. The van der Waals surface area contributed by atoms with Crippen molar-refractivity contribution < 1.29 is 24.5 Å².